The second kappa shape index (κ2) is 9.97. The number of nitrogens with one attached hydrogen (secondary N) is 1. The largest absolute Gasteiger partial charge is 0.378 e. The van der Waals surface area contributed by atoms with Crippen LogP contribution in [0.25, 0.3) is 0 Å². The van der Waals surface area contributed by atoms with Crippen molar-refractivity contribution in [3.63, 3.8) is 0 Å². The SMILES string of the molecule is O=C(Nc1cc(Cl)ccc1Cl)c1cc(S(=O)(=O)N2CCCCC2)ccc1N1CCOCC1. The molecule has 2 aromatic rings. The lowest BCUT2D eigenvalue weighted by atomic mass is 10.1. The fourth-order valence-electron chi connectivity index (χ4n) is 3.97. The van der Waals surface area contributed by atoms with E-state index in [4.69, 9.17) is 27.9 Å². The third-order valence-corrected chi connectivity index (χ3v) is 8.15. The topological polar surface area (TPSA) is 79.0 Å². The Kier molecular flexibility index (Phi) is 7.27. The summed E-state index contributed by atoms with van der Waals surface area (Å²) in [5.41, 5.74) is 1.28. The summed E-state index contributed by atoms with van der Waals surface area (Å²) in [6.07, 6.45) is 2.70. The molecule has 2 fully saturated rings. The van der Waals surface area contributed by atoms with Gasteiger partial charge in [-0.05, 0) is 49.2 Å². The first kappa shape index (κ1) is 23.3. The van der Waals surface area contributed by atoms with Crippen LogP contribution < -0.4 is 10.2 Å². The highest BCUT2D eigenvalue weighted by Gasteiger charge is 2.28. The minimum absolute atomic E-state index is 0.110. The number of anilines is 2. The molecular formula is C22H25Cl2N3O4S. The summed E-state index contributed by atoms with van der Waals surface area (Å²) in [6.45, 7) is 3.28. The Labute approximate surface area is 198 Å². The lowest BCUT2D eigenvalue weighted by Crippen LogP contribution is -2.38. The number of nitrogens with zero attached hydrogens (tertiary/aromatic N) is 2. The van der Waals surface area contributed by atoms with Gasteiger partial charge in [-0.25, -0.2) is 8.42 Å². The third kappa shape index (κ3) is 5.05. The molecule has 0 radical (unpaired) electrons. The van der Waals surface area contributed by atoms with Crippen molar-refractivity contribution in [2.45, 2.75) is 24.2 Å². The number of rotatable bonds is 5. The first-order valence-electron chi connectivity index (χ1n) is 10.6. The summed E-state index contributed by atoms with van der Waals surface area (Å²) in [7, 11) is -3.69. The zero-order chi connectivity index (χ0) is 22.7. The fraction of sp³-hybridized carbons (Fsp3) is 0.409. The summed E-state index contributed by atoms with van der Waals surface area (Å²) >= 11 is 12.3. The number of carbonyl (C=O) groups is 1. The maximum atomic E-state index is 13.3. The van der Waals surface area contributed by atoms with E-state index in [1.54, 1.807) is 30.3 Å². The zero-order valence-corrected chi connectivity index (χ0v) is 19.8. The molecule has 0 atom stereocenters. The number of benzene rings is 2. The van der Waals surface area contributed by atoms with E-state index >= 15 is 0 Å². The van der Waals surface area contributed by atoms with Gasteiger partial charge in [0, 0.05) is 36.9 Å². The number of hydrogen-bond donors (Lipinski definition) is 1. The standard InChI is InChI=1S/C22H25Cl2N3O4S/c23-16-4-6-19(24)20(14-16)25-22(28)18-15-17(32(29,30)27-8-2-1-3-9-27)5-7-21(18)26-10-12-31-13-11-26/h4-7,14-15H,1-3,8-13H2,(H,25,28). The number of carbonyl (C=O) groups excluding carboxylic acids is 1. The van der Waals surface area contributed by atoms with E-state index in [-0.39, 0.29) is 10.5 Å². The van der Waals surface area contributed by atoms with Crippen molar-refractivity contribution in [3.05, 3.63) is 52.0 Å². The van der Waals surface area contributed by atoms with E-state index in [2.05, 4.69) is 5.32 Å². The second-order valence-electron chi connectivity index (χ2n) is 7.82. The van der Waals surface area contributed by atoms with Gasteiger partial charge in [-0.2, -0.15) is 4.31 Å². The van der Waals surface area contributed by atoms with Crippen LogP contribution in [-0.2, 0) is 14.8 Å². The van der Waals surface area contributed by atoms with Crippen LogP contribution in [0.5, 0.6) is 0 Å². The Bertz CT molecular complexity index is 1100. The molecule has 2 aromatic carbocycles. The molecule has 172 valence electrons. The Morgan fingerprint density at radius 1 is 0.938 bits per heavy atom. The fourth-order valence-corrected chi connectivity index (χ4v) is 5.86. The van der Waals surface area contributed by atoms with Gasteiger partial charge in [0.2, 0.25) is 10.0 Å². The molecule has 0 bridgehead atoms. The van der Waals surface area contributed by atoms with Gasteiger partial charge < -0.3 is 15.0 Å². The van der Waals surface area contributed by atoms with Gasteiger partial charge in [0.25, 0.3) is 5.91 Å². The molecule has 1 amide bonds. The number of ether oxygens (including phenoxy) is 1. The molecule has 1 N–H and O–H groups in total. The highest BCUT2D eigenvalue weighted by Crippen LogP contribution is 2.30. The van der Waals surface area contributed by atoms with E-state index in [9.17, 15) is 13.2 Å². The summed E-state index contributed by atoms with van der Waals surface area (Å²) in [4.78, 5) is 15.5. The van der Waals surface area contributed by atoms with Gasteiger partial charge >= 0.3 is 0 Å². The number of sulfonamides is 1. The minimum atomic E-state index is -3.69. The predicted octanol–water partition coefficient (Wildman–Crippen LogP) is 4.26. The number of amides is 1. The summed E-state index contributed by atoms with van der Waals surface area (Å²) in [5, 5.41) is 3.55. The second-order valence-corrected chi connectivity index (χ2v) is 10.6. The smallest absolute Gasteiger partial charge is 0.257 e. The minimum Gasteiger partial charge on any atom is -0.378 e. The van der Waals surface area contributed by atoms with Gasteiger partial charge in [0.05, 0.1) is 34.4 Å². The molecule has 0 aliphatic carbocycles. The number of hydrogen-bond acceptors (Lipinski definition) is 5. The van der Waals surface area contributed by atoms with Crippen LogP contribution in [0, 0.1) is 0 Å². The third-order valence-electron chi connectivity index (χ3n) is 5.69. The van der Waals surface area contributed by atoms with Crippen LogP contribution in [-0.4, -0.2) is 58.0 Å². The van der Waals surface area contributed by atoms with Gasteiger partial charge in [-0.1, -0.05) is 29.6 Å². The average Bonchev–Trinajstić information content (AvgIpc) is 2.82. The summed E-state index contributed by atoms with van der Waals surface area (Å²) < 4.78 is 33.4. The van der Waals surface area contributed by atoms with E-state index in [1.807, 2.05) is 4.90 Å². The van der Waals surface area contributed by atoms with Crippen LogP contribution in [0.4, 0.5) is 11.4 Å². The lowest BCUT2D eigenvalue weighted by molar-refractivity contribution is 0.102. The summed E-state index contributed by atoms with van der Waals surface area (Å²) in [6, 6.07) is 9.53. The van der Waals surface area contributed by atoms with Gasteiger partial charge in [0.1, 0.15) is 0 Å². The Hall–Kier alpha value is -1.84. The van der Waals surface area contributed by atoms with E-state index in [1.165, 1.54) is 10.4 Å². The predicted molar refractivity (Wildman–Crippen MR) is 126 cm³/mol. The lowest BCUT2D eigenvalue weighted by Gasteiger charge is -2.31. The zero-order valence-electron chi connectivity index (χ0n) is 17.5. The van der Waals surface area contributed by atoms with Gasteiger partial charge in [-0.3, -0.25) is 4.79 Å². The molecule has 4 rings (SSSR count). The maximum absolute atomic E-state index is 13.3. The molecule has 10 heteroatoms. The van der Waals surface area contributed by atoms with Crippen molar-refractivity contribution in [2.24, 2.45) is 0 Å². The first-order chi connectivity index (χ1) is 15.4. The molecule has 2 saturated heterocycles. The maximum Gasteiger partial charge on any atom is 0.257 e. The van der Waals surface area contributed by atoms with Crippen molar-refractivity contribution in [1.29, 1.82) is 0 Å². The molecule has 2 aliphatic rings. The quantitative estimate of drug-likeness (QED) is 0.667. The number of piperidine rings is 1. The first-order valence-corrected chi connectivity index (χ1v) is 12.8. The Morgan fingerprint density at radius 3 is 2.38 bits per heavy atom. The summed E-state index contributed by atoms with van der Waals surface area (Å²) in [5.74, 6) is -0.452. The van der Waals surface area contributed by atoms with Crippen molar-refractivity contribution in [3.8, 4) is 0 Å². The molecule has 0 aromatic heterocycles. The van der Waals surface area contributed by atoms with Crippen molar-refractivity contribution in [1.82, 2.24) is 4.31 Å². The Balaban J connectivity index is 1.72. The van der Waals surface area contributed by atoms with Crippen molar-refractivity contribution in [2.75, 3.05) is 49.6 Å². The molecule has 2 aliphatic heterocycles. The van der Waals surface area contributed by atoms with Crippen LogP contribution >= 0.6 is 23.2 Å². The average molecular weight is 498 g/mol. The molecule has 0 unspecified atom stereocenters. The monoisotopic (exact) mass is 497 g/mol. The van der Waals surface area contributed by atoms with E-state index in [0.29, 0.717) is 60.8 Å². The Morgan fingerprint density at radius 2 is 1.66 bits per heavy atom. The molecular weight excluding hydrogens is 473 g/mol. The molecule has 0 spiro atoms. The normalized spacial score (nSPS) is 17.9. The highest BCUT2D eigenvalue weighted by atomic mass is 35.5. The number of morpholine rings is 1. The van der Waals surface area contributed by atoms with Gasteiger partial charge in [-0.15, -0.1) is 0 Å². The van der Waals surface area contributed by atoms with Gasteiger partial charge in [0.15, 0.2) is 0 Å². The molecule has 7 nitrogen and oxygen atoms in total. The van der Waals surface area contributed by atoms with Crippen molar-refractivity contribution >= 4 is 50.5 Å². The van der Waals surface area contributed by atoms with E-state index in [0.717, 1.165) is 19.3 Å². The van der Waals surface area contributed by atoms with E-state index < -0.39 is 15.9 Å². The van der Waals surface area contributed by atoms with Crippen LogP contribution in [0.3, 0.4) is 0 Å². The van der Waals surface area contributed by atoms with Crippen molar-refractivity contribution < 1.29 is 17.9 Å². The molecule has 32 heavy (non-hydrogen) atoms. The van der Waals surface area contributed by atoms with Crippen LogP contribution in [0.2, 0.25) is 10.0 Å². The number of halogens is 2. The van der Waals surface area contributed by atoms with Crippen LogP contribution in [0.1, 0.15) is 29.6 Å². The molecule has 2 heterocycles. The molecule has 0 saturated carbocycles. The highest BCUT2D eigenvalue weighted by molar-refractivity contribution is 7.89. The van der Waals surface area contributed by atoms with Crippen LogP contribution in [0.15, 0.2) is 41.3 Å².